The zero-order chi connectivity index (χ0) is 13.5. The molecule has 2 unspecified atom stereocenters. The maximum atomic E-state index is 5.96. The summed E-state index contributed by atoms with van der Waals surface area (Å²) in [5, 5.41) is 4.43. The van der Waals surface area contributed by atoms with Crippen LogP contribution in [0.25, 0.3) is 0 Å². The number of ether oxygens (including phenoxy) is 1. The smallest absolute Gasteiger partial charge is 0.0576 e. The molecule has 1 N–H and O–H groups in total. The van der Waals surface area contributed by atoms with Crippen molar-refractivity contribution in [3.8, 4) is 0 Å². The van der Waals surface area contributed by atoms with Crippen LogP contribution in [-0.2, 0) is 4.74 Å². The minimum Gasteiger partial charge on any atom is -0.378 e. The SMILES string of the molecule is CCCNC(CCC1CCCO1)c1ccc(Cl)cc1. The molecule has 0 bridgehead atoms. The fourth-order valence-corrected chi connectivity index (χ4v) is 2.75. The molecule has 0 saturated carbocycles. The van der Waals surface area contributed by atoms with Crippen molar-refractivity contribution < 1.29 is 4.74 Å². The van der Waals surface area contributed by atoms with Gasteiger partial charge in [-0.3, -0.25) is 0 Å². The summed E-state index contributed by atoms with van der Waals surface area (Å²) in [6.07, 6.45) is 6.35. The molecular formula is C16H24ClNO. The Kier molecular flexibility index (Phi) is 6.15. The van der Waals surface area contributed by atoms with Gasteiger partial charge in [0.2, 0.25) is 0 Å². The van der Waals surface area contributed by atoms with Gasteiger partial charge < -0.3 is 10.1 Å². The van der Waals surface area contributed by atoms with Crippen LogP contribution >= 0.6 is 11.6 Å². The zero-order valence-electron chi connectivity index (χ0n) is 11.7. The van der Waals surface area contributed by atoms with Gasteiger partial charge in [-0.1, -0.05) is 30.7 Å². The lowest BCUT2D eigenvalue weighted by molar-refractivity contribution is 0.0996. The summed E-state index contributed by atoms with van der Waals surface area (Å²) in [5.74, 6) is 0. The second kappa shape index (κ2) is 7.88. The highest BCUT2D eigenvalue weighted by molar-refractivity contribution is 6.30. The molecule has 1 aliphatic heterocycles. The van der Waals surface area contributed by atoms with Crippen LogP contribution in [0.2, 0.25) is 5.02 Å². The van der Waals surface area contributed by atoms with Crippen LogP contribution < -0.4 is 5.32 Å². The third kappa shape index (κ3) is 4.79. The van der Waals surface area contributed by atoms with Crippen molar-refractivity contribution in [3.63, 3.8) is 0 Å². The van der Waals surface area contributed by atoms with E-state index in [4.69, 9.17) is 16.3 Å². The van der Waals surface area contributed by atoms with E-state index in [1.165, 1.54) is 18.4 Å². The van der Waals surface area contributed by atoms with Crippen LogP contribution in [0.4, 0.5) is 0 Å². The first-order valence-corrected chi connectivity index (χ1v) is 7.78. The Morgan fingerprint density at radius 1 is 1.37 bits per heavy atom. The second-order valence-corrected chi connectivity index (χ2v) is 5.71. The van der Waals surface area contributed by atoms with Crippen LogP contribution in [0.3, 0.4) is 0 Å². The molecule has 1 heterocycles. The molecule has 106 valence electrons. The fraction of sp³-hybridized carbons (Fsp3) is 0.625. The number of hydrogen-bond acceptors (Lipinski definition) is 2. The van der Waals surface area contributed by atoms with Crippen LogP contribution in [0.5, 0.6) is 0 Å². The highest BCUT2D eigenvalue weighted by atomic mass is 35.5. The minimum atomic E-state index is 0.418. The number of rotatable bonds is 7. The van der Waals surface area contributed by atoms with E-state index >= 15 is 0 Å². The predicted octanol–water partition coefficient (Wildman–Crippen LogP) is 4.34. The van der Waals surface area contributed by atoms with Gasteiger partial charge in [0.1, 0.15) is 0 Å². The van der Waals surface area contributed by atoms with Gasteiger partial charge in [0.05, 0.1) is 6.10 Å². The van der Waals surface area contributed by atoms with Crippen molar-refractivity contribution in [2.45, 2.75) is 51.2 Å². The van der Waals surface area contributed by atoms with Crippen LogP contribution in [0, 0.1) is 0 Å². The van der Waals surface area contributed by atoms with E-state index in [0.717, 1.165) is 37.4 Å². The van der Waals surface area contributed by atoms with Gasteiger partial charge in [0, 0.05) is 17.7 Å². The summed E-state index contributed by atoms with van der Waals surface area (Å²) in [4.78, 5) is 0. The maximum Gasteiger partial charge on any atom is 0.0576 e. The van der Waals surface area contributed by atoms with E-state index < -0.39 is 0 Å². The van der Waals surface area contributed by atoms with Crippen LogP contribution in [-0.4, -0.2) is 19.3 Å². The van der Waals surface area contributed by atoms with Crippen LogP contribution in [0.15, 0.2) is 24.3 Å². The number of halogens is 1. The first kappa shape index (κ1) is 14.8. The topological polar surface area (TPSA) is 21.3 Å². The van der Waals surface area contributed by atoms with Crippen molar-refractivity contribution in [2.24, 2.45) is 0 Å². The van der Waals surface area contributed by atoms with Crippen molar-refractivity contribution in [2.75, 3.05) is 13.2 Å². The van der Waals surface area contributed by atoms with Gasteiger partial charge >= 0.3 is 0 Å². The number of nitrogens with one attached hydrogen (secondary N) is 1. The zero-order valence-corrected chi connectivity index (χ0v) is 12.5. The van der Waals surface area contributed by atoms with Crippen molar-refractivity contribution in [3.05, 3.63) is 34.9 Å². The molecule has 1 aromatic rings. The van der Waals surface area contributed by atoms with E-state index in [2.05, 4.69) is 24.4 Å². The Balaban J connectivity index is 1.91. The minimum absolute atomic E-state index is 0.418. The van der Waals surface area contributed by atoms with Crippen molar-refractivity contribution in [1.29, 1.82) is 0 Å². The summed E-state index contributed by atoms with van der Waals surface area (Å²) in [7, 11) is 0. The first-order chi connectivity index (χ1) is 9.29. The quantitative estimate of drug-likeness (QED) is 0.803. The highest BCUT2D eigenvalue weighted by Gasteiger charge is 2.18. The molecule has 3 heteroatoms. The summed E-state index contributed by atoms with van der Waals surface area (Å²) >= 11 is 5.96. The monoisotopic (exact) mass is 281 g/mol. The molecule has 0 spiro atoms. The van der Waals surface area contributed by atoms with E-state index in [0.29, 0.717) is 12.1 Å². The van der Waals surface area contributed by atoms with Gasteiger partial charge in [-0.05, 0) is 56.3 Å². The van der Waals surface area contributed by atoms with E-state index in [1.807, 2.05) is 12.1 Å². The van der Waals surface area contributed by atoms with Gasteiger partial charge in [-0.15, -0.1) is 0 Å². The average Bonchev–Trinajstić information content (AvgIpc) is 2.93. The van der Waals surface area contributed by atoms with Gasteiger partial charge in [-0.25, -0.2) is 0 Å². The second-order valence-electron chi connectivity index (χ2n) is 5.27. The molecule has 1 saturated heterocycles. The first-order valence-electron chi connectivity index (χ1n) is 7.40. The van der Waals surface area contributed by atoms with E-state index in [1.54, 1.807) is 0 Å². The Morgan fingerprint density at radius 2 is 2.16 bits per heavy atom. The molecule has 0 amide bonds. The lowest BCUT2D eigenvalue weighted by atomic mass is 9.99. The molecule has 0 aromatic heterocycles. The molecule has 1 aliphatic rings. The average molecular weight is 282 g/mol. The number of hydrogen-bond donors (Lipinski definition) is 1. The lowest BCUT2D eigenvalue weighted by Crippen LogP contribution is -2.23. The van der Waals surface area contributed by atoms with Gasteiger partial charge in [0.15, 0.2) is 0 Å². The molecule has 2 atom stereocenters. The number of benzene rings is 1. The molecule has 2 nitrogen and oxygen atoms in total. The van der Waals surface area contributed by atoms with Crippen molar-refractivity contribution >= 4 is 11.6 Å². The Hall–Kier alpha value is -0.570. The highest BCUT2D eigenvalue weighted by Crippen LogP contribution is 2.25. The van der Waals surface area contributed by atoms with Crippen LogP contribution in [0.1, 0.15) is 50.6 Å². The maximum absolute atomic E-state index is 5.96. The van der Waals surface area contributed by atoms with Crippen molar-refractivity contribution in [1.82, 2.24) is 5.32 Å². The molecule has 19 heavy (non-hydrogen) atoms. The lowest BCUT2D eigenvalue weighted by Gasteiger charge is -2.20. The molecule has 1 fully saturated rings. The normalized spacial score (nSPS) is 20.6. The summed E-state index contributed by atoms with van der Waals surface area (Å²) in [5.41, 5.74) is 1.33. The Bertz CT molecular complexity index is 360. The standard InChI is InChI=1S/C16H24ClNO/c1-2-11-18-16(10-9-15-4-3-12-19-15)13-5-7-14(17)8-6-13/h5-8,15-16,18H,2-4,9-12H2,1H3. The molecular weight excluding hydrogens is 258 g/mol. The van der Waals surface area contributed by atoms with E-state index in [-0.39, 0.29) is 0 Å². The molecule has 0 radical (unpaired) electrons. The Morgan fingerprint density at radius 3 is 2.79 bits per heavy atom. The molecule has 0 aliphatic carbocycles. The predicted molar refractivity (Wildman–Crippen MR) is 80.7 cm³/mol. The summed E-state index contributed by atoms with van der Waals surface area (Å²) in [6, 6.07) is 8.63. The van der Waals surface area contributed by atoms with Gasteiger partial charge in [0.25, 0.3) is 0 Å². The van der Waals surface area contributed by atoms with E-state index in [9.17, 15) is 0 Å². The fourth-order valence-electron chi connectivity index (χ4n) is 2.62. The summed E-state index contributed by atoms with van der Waals surface area (Å²) < 4.78 is 5.71. The molecule has 2 rings (SSSR count). The third-order valence-electron chi connectivity index (χ3n) is 3.71. The largest absolute Gasteiger partial charge is 0.378 e. The Labute approximate surface area is 121 Å². The van der Waals surface area contributed by atoms with Gasteiger partial charge in [-0.2, -0.15) is 0 Å². The summed E-state index contributed by atoms with van der Waals surface area (Å²) in [6.45, 7) is 4.20. The molecule has 1 aromatic carbocycles. The third-order valence-corrected chi connectivity index (χ3v) is 3.97.